The molecule has 2 aliphatic carbocycles. The molecule has 8 rings (SSSR count). The molecule has 4 N–H and O–H groups in total. The van der Waals surface area contributed by atoms with Crippen LogP contribution in [0, 0.1) is 23.7 Å². The number of nitrogens with zero attached hydrogens (tertiary/aromatic N) is 5. The van der Waals surface area contributed by atoms with E-state index >= 15 is 0 Å². The Labute approximate surface area is 320 Å². The van der Waals surface area contributed by atoms with Crippen LogP contribution in [0.2, 0.25) is 0 Å². The third kappa shape index (κ3) is 7.35. The number of methoxy groups -OCH3 is 1. The average molecular weight is 742 g/mol. The summed E-state index contributed by atoms with van der Waals surface area (Å²) >= 11 is 0. The number of benzene rings is 2. The number of rotatable bonds is 11. The van der Waals surface area contributed by atoms with Crippen molar-refractivity contribution in [3.63, 3.8) is 0 Å². The van der Waals surface area contributed by atoms with E-state index in [1.807, 2.05) is 31.1 Å². The van der Waals surface area contributed by atoms with Crippen LogP contribution in [0.25, 0.3) is 33.6 Å². The first kappa shape index (κ1) is 36.1. The average Bonchev–Trinajstić information content (AvgIpc) is 4.07. The highest BCUT2D eigenvalue weighted by molar-refractivity contribution is 5.86. The van der Waals surface area contributed by atoms with Crippen molar-refractivity contribution in [1.82, 2.24) is 45.4 Å². The molecule has 6 atom stereocenters. The number of amides is 3. The van der Waals surface area contributed by atoms with Crippen molar-refractivity contribution >= 4 is 17.9 Å². The second kappa shape index (κ2) is 15.5. The third-order valence-electron chi connectivity index (χ3n) is 11.8. The summed E-state index contributed by atoms with van der Waals surface area (Å²) in [6.45, 7) is 4.84. The van der Waals surface area contributed by atoms with E-state index < -0.39 is 12.1 Å². The molecule has 3 aliphatic rings. The molecule has 4 unspecified atom stereocenters. The maximum Gasteiger partial charge on any atom is 0.407 e. The highest BCUT2D eigenvalue weighted by Gasteiger charge is 2.52. The van der Waals surface area contributed by atoms with Gasteiger partial charge in [0.15, 0.2) is 0 Å². The largest absolute Gasteiger partial charge is 0.453 e. The van der Waals surface area contributed by atoms with Gasteiger partial charge in [0.25, 0.3) is 0 Å². The zero-order chi connectivity index (χ0) is 38.1. The summed E-state index contributed by atoms with van der Waals surface area (Å²) in [6.07, 6.45) is 13.0. The third-order valence-corrected chi connectivity index (χ3v) is 11.8. The zero-order valence-corrected chi connectivity index (χ0v) is 31.4. The topological polar surface area (TPSA) is 171 Å². The quantitative estimate of drug-likeness (QED) is 0.120. The van der Waals surface area contributed by atoms with Crippen molar-refractivity contribution in [2.24, 2.45) is 23.7 Å². The van der Waals surface area contributed by atoms with Crippen LogP contribution < -0.4 is 10.6 Å². The number of ether oxygens (including phenoxy) is 1. The Bertz CT molecular complexity index is 2130. The number of H-pyrrole nitrogens is 2. The normalized spacial score (nSPS) is 22.2. The molecule has 3 fully saturated rings. The number of likely N-dealkylation sites (tertiary alicyclic amines) is 1. The SMILES string of the molecule is COC(=O)N[C@H](C(=O)N1CCC[C@H]1c1ncc(-c2ccc(-c3ccc(-c4cnc(C5C6CCC(C6)C5C(=O)NCc5cncnc5)[nH]4)cc3)cc2)[nH]1)C(C)C. The molecule has 3 amide bonds. The van der Waals surface area contributed by atoms with Gasteiger partial charge in [-0.05, 0) is 72.1 Å². The van der Waals surface area contributed by atoms with Crippen molar-refractivity contribution in [3.05, 3.63) is 96.9 Å². The summed E-state index contributed by atoms with van der Waals surface area (Å²) in [7, 11) is 1.30. The van der Waals surface area contributed by atoms with E-state index in [0.29, 0.717) is 24.9 Å². The summed E-state index contributed by atoms with van der Waals surface area (Å²) in [6, 6.07) is 15.9. The van der Waals surface area contributed by atoms with E-state index in [0.717, 1.165) is 83.0 Å². The summed E-state index contributed by atoms with van der Waals surface area (Å²) in [5.74, 6) is 2.31. The lowest BCUT2D eigenvalue weighted by atomic mass is 9.78. The fourth-order valence-corrected chi connectivity index (χ4v) is 8.97. The smallest absolute Gasteiger partial charge is 0.407 e. The highest BCUT2D eigenvalue weighted by Crippen LogP contribution is 2.56. The predicted molar refractivity (Wildman–Crippen MR) is 206 cm³/mol. The van der Waals surface area contributed by atoms with Gasteiger partial charge in [0.2, 0.25) is 11.8 Å². The molecule has 13 nitrogen and oxygen atoms in total. The maximum absolute atomic E-state index is 13.5. The van der Waals surface area contributed by atoms with Crippen LogP contribution in [-0.4, -0.2) is 72.4 Å². The Morgan fingerprint density at radius 3 is 2.05 bits per heavy atom. The van der Waals surface area contributed by atoms with Gasteiger partial charge in [0, 0.05) is 37.0 Å². The number of nitrogens with one attached hydrogen (secondary N) is 4. The molecule has 1 aliphatic heterocycles. The van der Waals surface area contributed by atoms with Crippen molar-refractivity contribution in [3.8, 4) is 33.6 Å². The molecule has 55 heavy (non-hydrogen) atoms. The minimum Gasteiger partial charge on any atom is -0.453 e. The van der Waals surface area contributed by atoms with Crippen molar-refractivity contribution < 1.29 is 19.1 Å². The van der Waals surface area contributed by atoms with Crippen LogP contribution in [-0.2, 0) is 20.9 Å². The van der Waals surface area contributed by atoms with Gasteiger partial charge in [0.05, 0.1) is 42.9 Å². The number of hydrogen-bond donors (Lipinski definition) is 4. The summed E-state index contributed by atoms with van der Waals surface area (Å²) < 4.78 is 4.76. The first-order valence-corrected chi connectivity index (χ1v) is 19.2. The lowest BCUT2D eigenvalue weighted by molar-refractivity contribution is -0.135. The van der Waals surface area contributed by atoms with Gasteiger partial charge in [-0.2, -0.15) is 0 Å². The fourth-order valence-electron chi connectivity index (χ4n) is 8.97. The minimum absolute atomic E-state index is 0.0791. The molecule has 1 saturated heterocycles. The lowest BCUT2D eigenvalue weighted by Crippen LogP contribution is -2.51. The van der Waals surface area contributed by atoms with Gasteiger partial charge in [0.1, 0.15) is 24.0 Å². The molecule has 2 bridgehead atoms. The molecule has 3 aromatic heterocycles. The lowest BCUT2D eigenvalue weighted by Gasteiger charge is -2.30. The van der Waals surface area contributed by atoms with Crippen LogP contribution in [0.5, 0.6) is 0 Å². The van der Waals surface area contributed by atoms with Crippen molar-refractivity contribution in [2.45, 2.75) is 70.5 Å². The minimum atomic E-state index is -0.678. The van der Waals surface area contributed by atoms with Gasteiger partial charge >= 0.3 is 6.09 Å². The van der Waals surface area contributed by atoms with Gasteiger partial charge in [-0.3, -0.25) is 9.59 Å². The number of carbonyl (C=O) groups excluding carboxylic acids is 3. The van der Waals surface area contributed by atoms with Crippen LogP contribution in [0.1, 0.15) is 75.1 Å². The maximum atomic E-state index is 13.5. The molecule has 13 heteroatoms. The second-order valence-electron chi connectivity index (χ2n) is 15.4. The Hall–Kier alpha value is -5.85. The molecule has 5 aromatic rings. The van der Waals surface area contributed by atoms with E-state index in [9.17, 15) is 14.4 Å². The Morgan fingerprint density at radius 1 is 0.818 bits per heavy atom. The van der Waals surface area contributed by atoms with Gasteiger partial charge in [-0.1, -0.05) is 62.4 Å². The molecule has 2 aromatic carbocycles. The summed E-state index contributed by atoms with van der Waals surface area (Å²) in [5, 5.41) is 5.84. The Balaban J connectivity index is 0.918. The molecule has 284 valence electrons. The van der Waals surface area contributed by atoms with E-state index in [2.05, 4.69) is 84.1 Å². The molecular formula is C42H47N9O4. The molecule has 2 saturated carbocycles. The predicted octanol–water partition coefficient (Wildman–Crippen LogP) is 6.41. The van der Waals surface area contributed by atoms with Crippen LogP contribution in [0.3, 0.4) is 0 Å². The number of aromatic nitrogens is 6. The number of carbonyl (C=O) groups is 3. The van der Waals surface area contributed by atoms with Gasteiger partial charge in [-0.15, -0.1) is 0 Å². The van der Waals surface area contributed by atoms with Gasteiger partial charge < -0.3 is 30.2 Å². The van der Waals surface area contributed by atoms with E-state index in [4.69, 9.17) is 9.72 Å². The van der Waals surface area contributed by atoms with E-state index in [1.54, 1.807) is 12.4 Å². The fraction of sp³-hybridized carbons (Fsp3) is 0.405. The molecule has 4 heterocycles. The highest BCUT2D eigenvalue weighted by atomic mass is 16.5. The number of aromatic amines is 2. The molecule has 0 spiro atoms. The van der Waals surface area contributed by atoms with Crippen molar-refractivity contribution in [2.75, 3.05) is 13.7 Å². The van der Waals surface area contributed by atoms with E-state index in [1.165, 1.54) is 13.4 Å². The van der Waals surface area contributed by atoms with E-state index in [-0.39, 0.29) is 35.6 Å². The zero-order valence-electron chi connectivity index (χ0n) is 31.4. The monoisotopic (exact) mass is 741 g/mol. The van der Waals surface area contributed by atoms with Crippen molar-refractivity contribution in [1.29, 1.82) is 0 Å². The summed E-state index contributed by atoms with van der Waals surface area (Å²) in [4.78, 5) is 65.5. The van der Waals surface area contributed by atoms with Gasteiger partial charge in [-0.25, -0.2) is 24.7 Å². The van der Waals surface area contributed by atoms with Crippen LogP contribution in [0.15, 0.2) is 79.6 Å². The Morgan fingerprint density at radius 2 is 1.42 bits per heavy atom. The van der Waals surface area contributed by atoms with Crippen LogP contribution in [0.4, 0.5) is 4.79 Å². The number of alkyl carbamates (subject to hydrolysis) is 1. The summed E-state index contributed by atoms with van der Waals surface area (Å²) in [5.41, 5.74) is 6.92. The second-order valence-corrected chi connectivity index (χ2v) is 15.4. The first-order valence-electron chi connectivity index (χ1n) is 19.2. The number of hydrogen-bond acceptors (Lipinski definition) is 8. The first-order chi connectivity index (χ1) is 26.8. The molecule has 0 radical (unpaired) electrons. The molecular weight excluding hydrogens is 695 g/mol. The number of imidazole rings is 2. The Kier molecular flexibility index (Phi) is 10.2. The standard InChI is InChI=1S/C42H47N9O4/c1-24(2)37(50-42(54)55-3)41(53)51-16-4-5-34(51)38-45-21-32(48-38)28-10-6-26(7-11-28)27-8-12-29(13-9-27)33-22-46-39(49-33)35-30-14-15-31(17-30)36(35)40(52)47-20-25-18-43-23-44-19-25/h6-13,18-19,21-24,30-31,34-37H,4-5,14-17,20H2,1-3H3,(H,45,48)(H,46,49)(H,47,52)(H,50,54)/t30?,31?,34-,35?,36?,37-/m0/s1. The van der Waals surface area contributed by atoms with Crippen LogP contribution >= 0.6 is 0 Å². The number of fused-ring (bicyclic) bond motifs is 2.